The predicted octanol–water partition coefficient (Wildman–Crippen LogP) is 2.00. The average molecular weight is 218 g/mol. The Labute approximate surface area is 94.0 Å². The molecule has 0 aliphatic rings. The molecule has 0 aliphatic heterocycles. The molecule has 0 aromatic carbocycles. The Kier molecular flexibility index (Phi) is 2.85. The van der Waals surface area contributed by atoms with Gasteiger partial charge in [0.05, 0.1) is 24.1 Å². The summed E-state index contributed by atoms with van der Waals surface area (Å²) in [6.07, 6.45) is 3.45. The topological polar surface area (TPSA) is 63.8 Å². The number of anilines is 1. The summed E-state index contributed by atoms with van der Waals surface area (Å²) in [7, 11) is 0. The molecule has 5 nitrogen and oxygen atoms in total. The minimum absolute atomic E-state index is 0.521. The van der Waals surface area contributed by atoms with Crippen LogP contribution in [0.4, 0.5) is 5.82 Å². The standard InChI is InChI=1S/C11H14N4O/c1-7-4-12-9(3)11(15-7)14-6-10-13-5-8(2)16-10/h4-5H,6H2,1-3H3,(H,14,15). The van der Waals surface area contributed by atoms with Crippen molar-refractivity contribution in [3.8, 4) is 0 Å². The molecule has 2 aromatic rings. The Bertz CT molecular complexity index is 492. The zero-order valence-corrected chi connectivity index (χ0v) is 9.61. The molecule has 84 valence electrons. The second-order valence-electron chi connectivity index (χ2n) is 3.66. The monoisotopic (exact) mass is 218 g/mol. The third-order valence-corrected chi connectivity index (χ3v) is 2.15. The maximum Gasteiger partial charge on any atom is 0.213 e. The molecule has 5 heteroatoms. The lowest BCUT2D eigenvalue weighted by Crippen LogP contribution is -2.05. The summed E-state index contributed by atoms with van der Waals surface area (Å²) >= 11 is 0. The zero-order chi connectivity index (χ0) is 11.5. The van der Waals surface area contributed by atoms with Crippen LogP contribution in [-0.4, -0.2) is 15.0 Å². The fourth-order valence-corrected chi connectivity index (χ4v) is 1.35. The Hall–Kier alpha value is -1.91. The first-order valence-electron chi connectivity index (χ1n) is 5.10. The Balaban J connectivity index is 2.07. The number of oxazole rings is 1. The SMILES string of the molecule is Cc1cnc(C)c(NCc2ncc(C)o2)n1. The van der Waals surface area contributed by atoms with E-state index in [4.69, 9.17) is 4.42 Å². The van der Waals surface area contributed by atoms with E-state index in [1.54, 1.807) is 12.4 Å². The lowest BCUT2D eigenvalue weighted by molar-refractivity contribution is 0.478. The number of rotatable bonds is 3. The molecule has 16 heavy (non-hydrogen) atoms. The molecule has 2 heterocycles. The maximum absolute atomic E-state index is 5.35. The molecule has 0 bridgehead atoms. The predicted molar refractivity (Wildman–Crippen MR) is 60.1 cm³/mol. The molecule has 1 N–H and O–H groups in total. The smallest absolute Gasteiger partial charge is 0.213 e. The van der Waals surface area contributed by atoms with E-state index >= 15 is 0 Å². The number of nitrogens with zero attached hydrogens (tertiary/aromatic N) is 3. The van der Waals surface area contributed by atoms with Gasteiger partial charge in [-0.3, -0.25) is 4.98 Å². The van der Waals surface area contributed by atoms with E-state index in [0.29, 0.717) is 12.4 Å². The lowest BCUT2D eigenvalue weighted by Gasteiger charge is -2.06. The van der Waals surface area contributed by atoms with Gasteiger partial charge in [-0.05, 0) is 20.8 Å². The number of aromatic nitrogens is 3. The molecule has 0 radical (unpaired) electrons. The van der Waals surface area contributed by atoms with Gasteiger partial charge < -0.3 is 9.73 Å². The van der Waals surface area contributed by atoms with E-state index in [1.807, 2.05) is 20.8 Å². The van der Waals surface area contributed by atoms with Gasteiger partial charge in [-0.25, -0.2) is 9.97 Å². The van der Waals surface area contributed by atoms with Gasteiger partial charge in [-0.2, -0.15) is 0 Å². The minimum Gasteiger partial charge on any atom is -0.444 e. The van der Waals surface area contributed by atoms with E-state index in [-0.39, 0.29) is 0 Å². The van der Waals surface area contributed by atoms with Gasteiger partial charge in [0.25, 0.3) is 0 Å². The third-order valence-electron chi connectivity index (χ3n) is 2.15. The first kappa shape index (κ1) is 10.6. The average Bonchev–Trinajstić information content (AvgIpc) is 2.66. The van der Waals surface area contributed by atoms with E-state index in [2.05, 4.69) is 20.3 Å². The fourth-order valence-electron chi connectivity index (χ4n) is 1.35. The van der Waals surface area contributed by atoms with Crippen molar-refractivity contribution in [2.75, 3.05) is 5.32 Å². The highest BCUT2D eigenvalue weighted by molar-refractivity contribution is 5.39. The summed E-state index contributed by atoms with van der Waals surface area (Å²) in [5.41, 5.74) is 1.76. The molecule has 0 amide bonds. The molecular weight excluding hydrogens is 204 g/mol. The van der Waals surface area contributed by atoms with Crippen LogP contribution in [0.15, 0.2) is 16.8 Å². The fraction of sp³-hybridized carbons (Fsp3) is 0.364. The van der Waals surface area contributed by atoms with Crippen molar-refractivity contribution >= 4 is 5.82 Å². The molecule has 0 saturated heterocycles. The number of hydrogen-bond donors (Lipinski definition) is 1. The highest BCUT2D eigenvalue weighted by atomic mass is 16.4. The summed E-state index contributed by atoms with van der Waals surface area (Å²) < 4.78 is 5.35. The molecule has 0 saturated carbocycles. The number of nitrogens with one attached hydrogen (secondary N) is 1. The first-order valence-corrected chi connectivity index (χ1v) is 5.10. The number of aryl methyl sites for hydroxylation is 3. The van der Waals surface area contributed by atoms with Crippen molar-refractivity contribution in [2.24, 2.45) is 0 Å². The summed E-state index contributed by atoms with van der Waals surface area (Å²) in [6.45, 7) is 6.21. The molecule has 0 fully saturated rings. The summed E-state index contributed by atoms with van der Waals surface area (Å²) in [4.78, 5) is 12.7. The van der Waals surface area contributed by atoms with Gasteiger partial charge in [0, 0.05) is 6.20 Å². The second-order valence-corrected chi connectivity index (χ2v) is 3.66. The number of hydrogen-bond acceptors (Lipinski definition) is 5. The van der Waals surface area contributed by atoms with Crippen LogP contribution >= 0.6 is 0 Å². The highest BCUT2D eigenvalue weighted by Gasteiger charge is 2.04. The van der Waals surface area contributed by atoms with Gasteiger partial charge in [0.2, 0.25) is 5.89 Å². The lowest BCUT2D eigenvalue weighted by atomic mass is 10.4. The van der Waals surface area contributed by atoms with Gasteiger partial charge in [-0.15, -0.1) is 0 Å². The van der Waals surface area contributed by atoms with E-state index in [9.17, 15) is 0 Å². The third kappa shape index (κ3) is 2.36. The van der Waals surface area contributed by atoms with Crippen LogP contribution < -0.4 is 5.32 Å². The quantitative estimate of drug-likeness (QED) is 0.853. The first-order chi connectivity index (χ1) is 7.65. The molecule has 0 atom stereocenters. The van der Waals surface area contributed by atoms with Crippen LogP contribution in [0.1, 0.15) is 23.0 Å². The molecule has 0 aliphatic carbocycles. The van der Waals surface area contributed by atoms with E-state index < -0.39 is 0 Å². The Morgan fingerprint density at radius 3 is 2.69 bits per heavy atom. The molecule has 0 spiro atoms. The van der Waals surface area contributed by atoms with Gasteiger partial charge in [-0.1, -0.05) is 0 Å². The molecular formula is C11H14N4O. The van der Waals surface area contributed by atoms with E-state index in [0.717, 1.165) is 23.0 Å². The van der Waals surface area contributed by atoms with Crippen molar-refractivity contribution in [2.45, 2.75) is 27.3 Å². The maximum atomic E-state index is 5.35. The second kappa shape index (κ2) is 4.30. The van der Waals surface area contributed by atoms with Crippen LogP contribution in [0.5, 0.6) is 0 Å². The van der Waals surface area contributed by atoms with Crippen molar-refractivity contribution in [1.82, 2.24) is 15.0 Å². The van der Waals surface area contributed by atoms with Crippen LogP contribution in [0.25, 0.3) is 0 Å². The van der Waals surface area contributed by atoms with Gasteiger partial charge >= 0.3 is 0 Å². The van der Waals surface area contributed by atoms with Crippen LogP contribution in [0, 0.1) is 20.8 Å². The molecule has 2 aromatic heterocycles. The summed E-state index contributed by atoms with van der Waals surface area (Å²) in [6, 6.07) is 0. The summed E-state index contributed by atoms with van der Waals surface area (Å²) in [5, 5.41) is 3.15. The van der Waals surface area contributed by atoms with Gasteiger partial charge in [0.1, 0.15) is 11.6 Å². The van der Waals surface area contributed by atoms with Crippen LogP contribution in [-0.2, 0) is 6.54 Å². The van der Waals surface area contributed by atoms with Crippen molar-refractivity contribution < 1.29 is 4.42 Å². The summed E-state index contributed by atoms with van der Waals surface area (Å²) in [5.74, 6) is 2.24. The van der Waals surface area contributed by atoms with Crippen LogP contribution in [0.3, 0.4) is 0 Å². The van der Waals surface area contributed by atoms with Crippen molar-refractivity contribution in [3.63, 3.8) is 0 Å². The van der Waals surface area contributed by atoms with E-state index in [1.165, 1.54) is 0 Å². The Morgan fingerprint density at radius 1 is 1.19 bits per heavy atom. The van der Waals surface area contributed by atoms with Crippen molar-refractivity contribution in [1.29, 1.82) is 0 Å². The molecule has 2 rings (SSSR count). The largest absolute Gasteiger partial charge is 0.444 e. The van der Waals surface area contributed by atoms with Crippen molar-refractivity contribution in [3.05, 3.63) is 35.4 Å². The van der Waals surface area contributed by atoms with Crippen LogP contribution in [0.2, 0.25) is 0 Å². The van der Waals surface area contributed by atoms with Gasteiger partial charge in [0.15, 0.2) is 0 Å². The highest BCUT2D eigenvalue weighted by Crippen LogP contribution is 2.10. The zero-order valence-electron chi connectivity index (χ0n) is 9.61. The normalized spacial score (nSPS) is 10.4. The Morgan fingerprint density at radius 2 is 2.00 bits per heavy atom. The minimum atomic E-state index is 0.521. The molecule has 0 unspecified atom stereocenters.